The van der Waals surface area contributed by atoms with Gasteiger partial charge in [0.05, 0.1) is 0 Å². The first-order valence-electron chi connectivity index (χ1n) is 1.75. The van der Waals surface area contributed by atoms with Crippen LogP contribution < -0.4 is 0 Å². The minimum atomic E-state index is 0. The van der Waals surface area contributed by atoms with Gasteiger partial charge in [-0.15, -0.1) is 0 Å². The zero-order chi connectivity index (χ0) is 10.8. The van der Waals surface area contributed by atoms with Gasteiger partial charge in [0, 0.05) is 0 Å². The smallest absolute Gasteiger partial charge is 0.724 e. The molecule has 0 saturated heterocycles. The quantitative estimate of drug-likeness (QED) is 0.193. The largest absolute Gasteiger partial charge is 2.00 e. The van der Waals surface area contributed by atoms with E-state index in [1.807, 2.05) is 0 Å². The fourth-order valence-electron chi connectivity index (χ4n) is 0. The van der Waals surface area contributed by atoms with Crippen molar-refractivity contribution in [3.8, 4) is 12.5 Å². The fraction of sp³-hybridized carbons (Fsp3) is 0. The number of nitriles is 2. The fourth-order valence-corrected chi connectivity index (χ4v) is 0. The van der Waals surface area contributed by atoms with E-state index in [1.54, 1.807) is 0 Å². The van der Waals surface area contributed by atoms with Crippen molar-refractivity contribution in [2.75, 3.05) is 0 Å². The summed E-state index contributed by atoms with van der Waals surface area (Å²) in [5.41, 5.74) is 0. The Bertz CT molecular complexity index is 192. The second kappa shape index (κ2) is 444. The van der Waals surface area contributed by atoms with Crippen LogP contribution in [0.1, 0.15) is 0 Å². The van der Waals surface area contributed by atoms with E-state index in [2.05, 4.69) is 0 Å². The summed E-state index contributed by atoms with van der Waals surface area (Å²) in [5, 5.41) is 41.0. The molecule has 0 unspecified atom stereocenters. The van der Waals surface area contributed by atoms with Crippen molar-refractivity contribution >= 4 is 63.4 Å². The van der Waals surface area contributed by atoms with E-state index in [0.717, 1.165) is 12.5 Å². The van der Waals surface area contributed by atoms with Gasteiger partial charge in [-0.25, -0.2) is 0 Å². The summed E-state index contributed by atoms with van der Waals surface area (Å²) < 4.78 is 0. The van der Waals surface area contributed by atoms with E-state index in [9.17, 15) is 0 Å². The van der Waals surface area contributed by atoms with Crippen molar-refractivity contribution in [1.82, 2.24) is 0 Å². The van der Waals surface area contributed by atoms with Crippen LogP contribution in [0.25, 0.3) is 10.8 Å². The molecule has 0 spiro atoms. The average Bonchev–Trinajstić information content (AvgIpc) is 1.92. The number of aliphatic hydroxyl groups is 2. The molecule has 104 valence electrons. The first-order valence-corrected chi connectivity index (χ1v) is 1.75. The number of isocyanates is 2. The molecular formula is C4H12CaN4O8S. The molecule has 18 heavy (non-hydrogen) atoms. The molecule has 0 saturated carbocycles. The van der Waals surface area contributed by atoms with Crippen LogP contribution in [0, 0.1) is 23.0 Å². The Kier molecular flexibility index (Phi) is 2240. The molecule has 0 amide bonds. The third-order valence-corrected chi connectivity index (χ3v) is 0. The standard InChI is InChI=1S/2CHNO.2CNO.Ca.4H2O.H2S/c4*2-1-3;;;;;;/h2*3H;;;;5*1H2/q;;2*-1;+2;;;;;. The van der Waals surface area contributed by atoms with Gasteiger partial charge in [0.25, 0.3) is 12.5 Å². The van der Waals surface area contributed by atoms with Gasteiger partial charge in [-0.2, -0.15) is 24.0 Å². The molecule has 0 radical (unpaired) electrons. The molecule has 0 aliphatic rings. The predicted octanol–water partition coefficient (Wildman–Crippen LogP) is -4.10. The van der Waals surface area contributed by atoms with Crippen LogP contribution in [0.3, 0.4) is 0 Å². The summed E-state index contributed by atoms with van der Waals surface area (Å²) in [6.07, 6.45) is 2.50. The van der Waals surface area contributed by atoms with Crippen LogP contribution in [0.5, 0.6) is 0 Å². The minimum absolute atomic E-state index is 0. The SMILES string of the molecule is N#CO.N#CO.O.O.O.O.S.[Ca+2].[N-]=C=O.[N-]=C=O. The second-order valence-corrected chi connectivity index (χ2v) is 0.383. The maximum atomic E-state index is 8.24. The Hall–Kier alpha value is -1.21. The summed E-state index contributed by atoms with van der Waals surface area (Å²) in [6, 6.07) is 0. The van der Waals surface area contributed by atoms with Crippen molar-refractivity contribution in [2.24, 2.45) is 0 Å². The minimum Gasteiger partial charge on any atom is -0.724 e. The van der Waals surface area contributed by atoms with Crippen molar-refractivity contribution < 1.29 is 41.7 Å². The molecule has 0 aromatic rings. The molecule has 0 atom stereocenters. The van der Waals surface area contributed by atoms with E-state index >= 15 is 0 Å². The maximum Gasteiger partial charge on any atom is 2.00 e. The topological polar surface area (TPSA) is 293 Å². The Morgan fingerprint density at radius 1 is 0.778 bits per heavy atom. The van der Waals surface area contributed by atoms with E-state index in [0.29, 0.717) is 12.2 Å². The molecule has 0 heterocycles. The zero-order valence-electron chi connectivity index (χ0n) is 8.71. The van der Waals surface area contributed by atoms with Gasteiger partial charge in [-0.1, -0.05) is 0 Å². The van der Waals surface area contributed by atoms with Crippen molar-refractivity contribution in [3.05, 3.63) is 10.8 Å². The summed E-state index contributed by atoms with van der Waals surface area (Å²) >= 11 is 0. The number of aliphatic hydroxyl groups excluding tert-OH is 2. The molecule has 0 fully saturated rings. The van der Waals surface area contributed by atoms with Gasteiger partial charge in [0.15, 0.2) is 0 Å². The molecule has 0 aliphatic carbocycles. The van der Waals surface area contributed by atoms with Gasteiger partial charge in [0.2, 0.25) is 0 Å². The zero-order valence-corrected chi connectivity index (χ0v) is 11.9. The predicted molar refractivity (Wildman–Crippen MR) is 63.8 cm³/mol. The summed E-state index contributed by atoms with van der Waals surface area (Å²) in [6.45, 7) is 0. The average molecular weight is 316 g/mol. The Morgan fingerprint density at radius 2 is 0.778 bits per heavy atom. The number of hydrogen-bond acceptors (Lipinski definition) is 6. The van der Waals surface area contributed by atoms with Gasteiger partial charge < -0.3 is 42.9 Å². The third kappa shape index (κ3) is 1920. The Labute approximate surface area is 138 Å². The van der Waals surface area contributed by atoms with Gasteiger partial charge in [-0.05, 0) is 12.2 Å². The van der Waals surface area contributed by atoms with Crippen LogP contribution in [0.15, 0.2) is 0 Å². The van der Waals surface area contributed by atoms with Crippen LogP contribution in [-0.4, -0.2) is 82.0 Å². The van der Waals surface area contributed by atoms with E-state index in [-0.39, 0.29) is 73.1 Å². The number of carbonyl (C=O) groups excluding carboxylic acids is 2. The summed E-state index contributed by atoms with van der Waals surface area (Å²) in [5.74, 6) is 0. The Balaban J connectivity index is -0.00000000533. The van der Waals surface area contributed by atoms with Crippen molar-refractivity contribution in [3.63, 3.8) is 0 Å². The molecule has 0 aromatic heterocycles. The van der Waals surface area contributed by atoms with Crippen molar-refractivity contribution in [2.45, 2.75) is 0 Å². The monoisotopic (exact) mass is 316 g/mol. The second-order valence-electron chi connectivity index (χ2n) is 0.383. The molecular weight excluding hydrogens is 304 g/mol. The van der Waals surface area contributed by atoms with Gasteiger partial charge >= 0.3 is 37.7 Å². The molecule has 0 aromatic carbocycles. The number of rotatable bonds is 0. The third-order valence-electron chi connectivity index (χ3n) is 0. The molecule has 12 nitrogen and oxygen atoms in total. The first-order chi connectivity index (χ1) is 5.66. The number of hydrogen-bond donors (Lipinski definition) is 2. The molecule has 14 heteroatoms. The van der Waals surface area contributed by atoms with E-state index in [1.165, 1.54) is 0 Å². The molecule has 10 N–H and O–H groups in total. The normalized spacial score (nSPS) is 1.67. The van der Waals surface area contributed by atoms with Crippen LogP contribution in [-0.2, 0) is 9.59 Å². The van der Waals surface area contributed by atoms with E-state index in [4.69, 9.17) is 41.1 Å². The van der Waals surface area contributed by atoms with Gasteiger partial charge in [0.1, 0.15) is 0 Å². The first kappa shape index (κ1) is 90.8. The molecule has 0 rings (SSSR count). The van der Waals surface area contributed by atoms with Gasteiger partial charge in [-0.3, -0.25) is 9.59 Å². The summed E-state index contributed by atoms with van der Waals surface area (Å²) in [7, 11) is 0. The number of nitrogens with zero attached hydrogens (tertiary/aromatic N) is 4. The maximum absolute atomic E-state index is 8.24. The molecule has 0 aliphatic heterocycles. The Morgan fingerprint density at radius 3 is 0.778 bits per heavy atom. The van der Waals surface area contributed by atoms with Crippen LogP contribution >= 0.6 is 13.5 Å². The van der Waals surface area contributed by atoms with Crippen molar-refractivity contribution in [1.29, 1.82) is 10.5 Å². The summed E-state index contributed by atoms with van der Waals surface area (Å²) in [4.78, 5) is 16.5. The van der Waals surface area contributed by atoms with E-state index < -0.39 is 0 Å². The van der Waals surface area contributed by atoms with Crippen LogP contribution in [0.2, 0.25) is 0 Å². The van der Waals surface area contributed by atoms with Crippen LogP contribution in [0.4, 0.5) is 0 Å². The molecule has 0 bridgehead atoms.